The van der Waals surface area contributed by atoms with E-state index in [2.05, 4.69) is 9.47 Å². The summed E-state index contributed by atoms with van der Waals surface area (Å²) < 4.78 is 9.08. The Bertz CT molecular complexity index is 79.1. The van der Waals surface area contributed by atoms with Crippen molar-refractivity contribution in [1.29, 1.82) is 0 Å². The van der Waals surface area contributed by atoms with Gasteiger partial charge in [-0.1, -0.05) is 0 Å². The average Bonchev–Trinajstić information content (AvgIpc) is 1.12. The van der Waals surface area contributed by atoms with Gasteiger partial charge in [0.2, 0.25) is 0 Å². The van der Waals surface area contributed by atoms with E-state index in [9.17, 15) is 0 Å². The van der Waals surface area contributed by atoms with Crippen LogP contribution in [0.1, 0.15) is 0 Å². The second kappa shape index (κ2) is 3.13. The van der Waals surface area contributed by atoms with E-state index in [4.69, 9.17) is 0 Å². The lowest BCUT2D eigenvalue weighted by Crippen LogP contribution is -1.89. The number of hydrogen-bond donors (Lipinski definition) is 0. The molecule has 0 radical (unpaired) electrons. The summed E-state index contributed by atoms with van der Waals surface area (Å²) in [6.45, 7) is 1.64. The van der Waals surface area contributed by atoms with Crippen LogP contribution in [0.5, 0.6) is 0 Å². The molecule has 0 bridgehead atoms. The molecule has 0 saturated carbocycles. The lowest BCUT2D eigenvalue weighted by Gasteiger charge is -1.99. The van der Waals surface area contributed by atoms with Gasteiger partial charge in [-0.3, -0.25) is 0 Å². The third-order valence-corrected chi connectivity index (χ3v) is 0.770. The Morgan fingerprint density at radius 2 is 1.00 bits per heavy atom. The number of hydrogen-bond acceptors (Lipinski definition) is 2. The van der Waals surface area contributed by atoms with E-state index in [1.807, 2.05) is 12.2 Å². The topological polar surface area (TPSA) is 18.5 Å². The van der Waals surface area contributed by atoms with Gasteiger partial charge in [-0.25, -0.2) is 0 Å². The first-order valence-corrected chi connectivity index (χ1v) is 2.53. The van der Waals surface area contributed by atoms with Crippen LogP contribution in [0.4, 0.5) is 0 Å². The minimum absolute atomic E-state index is 0.819. The third-order valence-electron chi connectivity index (χ3n) is 0.770. The molecule has 0 spiro atoms. The van der Waals surface area contributed by atoms with E-state index in [0.717, 1.165) is 13.2 Å². The molecular weight excluding hydrogens is 104 g/mol. The fraction of sp³-hybridized carbons (Fsp3) is 0.333. The Balaban J connectivity index is 0.0000000800. The van der Waals surface area contributed by atoms with E-state index in [1.54, 1.807) is 12.5 Å². The van der Waals surface area contributed by atoms with Gasteiger partial charge < -0.3 is 9.47 Å². The minimum atomic E-state index is 0.819. The Hall–Kier alpha value is -0.920. The Morgan fingerprint density at radius 3 is 1.00 bits per heavy atom. The zero-order valence-electron chi connectivity index (χ0n) is 4.54. The lowest BCUT2D eigenvalue weighted by atomic mass is 10.6. The molecule has 0 aromatic heterocycles. The van der Waals surface area contributed by atoms with Gasteiger partial charge in [-0.05, 0) is 12.2 Å². The van der Waals surface area contributed by atoms with Crippen molar-refractivity contribution in [2.24, 2.45) is 0 Å². The van der Waals surface area contributed by atoms with Crippen molar-refractivity contribution in [3.8, 4) is 0 Å². The monoisotopic (exact) mass is 112 g/mol. The molecule has 0 N–H and O–H groups in total. The van der Waals surface area contributed by atoms with Crippen LogP contribution >= 0.6 is 0 Å². The molecule has 0 amide bonds. The van der Waals surface area contributed by atoms with Crippen LogP contribution in [0.2, 0.25) is 0 Å². The summed E-state index contributed by atoms with van der Waals surface area (Å²) in [5.74, 6) is 0. The zero-order chi connectivity index (χ0) is 5.66. The van der Waals surface area contributed by atoms with Gasteiger partial charge in [0.15, 0.2) is 0 Å². The van der Waals surface area contributed by atoms with Gasteiger partial charge in [0.25, 0.3) is 0 Å². The van der Waals surface area contributed by atoms with Gasteiger partial charge in [0, 0.05) is 0 Å². The summed E-state index contributed by atoms with van der Waals surface area (Å²) in [6, 6.07) is 0. The van der Waals surface area contributed by atoms with Crippen molar-refractivity contribution >= 4 is 0 Å². The van der Waals surface area contributed by atoms with Crippen molar-refractivity contribution < 1.29 is 9.47 Å². The van der Waals surface area contributed by atoms with E-state index in [-0.39, 0.29) is 0 Å². The quantitative estimate of drug-likeness (QED) is 0.466. The number of rotatable bonds is 0. The maximum absolute atomic E-state index is 4.54. The van der Waals surface area contributed by atoms with Crippen LogP contribution in [0.25, 0.3) is 0 Å². The second-order valence-corrected chi connectivity index (χ2v) is 1.41. The highest BCUT2D eigenvalue weighted by Crippen LogP contribution is 1.87. The molecule has 0 aromatic carbocycles. The molecule has 2 heterocycles. The molecule has 0 fully saturated rings. The Kier molecular flexibility index (Phi) is 2.04. The standard InChI is InChI=1S/2C3H4O/c2*1-2-4-3-1/h2*1-2H,3H2. The van der Waals surface area contributed by atoms with Crippen LogP contribution in [0.15, 0.2) is 24.7 Å². The molecule has 2 nitrogen and oxygen atoms in total. The third kappa shape index (κ3) is 1.69. The van der Waals surface area contributed by atoms with E-state index >= 15 is 0 Å². The zero-order valence-corrected chi connectivity index (χ0v) is 4.54. The smallest absolute Gasteiger partial charge is 0.109 e. The lowest BCUT2D eigenvalue weighted by molar-refractivity contribution is 0.243. The molecular formula is C6H8O2. The highest BCUT2D eigenvalue weighted by atomic mass is 16.5. The van der Waals surface area contributed by atoms with Crippen LogP contribution < -0.4 is 0 Å². The van der Waals surface area contributed by atoms with Gasteiger partial charge in [0.05, 0.1) is 12.5 Å². The molecule has 0 aromatic rings. The minimum Gasteiger partial charge on any atom is -0.497 e. The molecule has 2 heteroatoms. The molecule has 2 aliphatic rings. The molecule has 44 valence electrons. The van der Waals surface area contributed by atoms with Crippen LogP contribution in [0.3, 0.4) is 0 Å². The highest BCUT2D eigenvalue weighted by Gasteiger charge is 1.80. The van der Waals surface area contributed by atoms with Crippen molar-refractivity contribution in [2.75, 3.05) is 13.2 Å². The predicted octanol–water partition coefficient (Wildman–Crippen LogP) is 1.06. The first kappa shape index (κ1) is 5.22. The van der Waals surface area contributed by atoms with Gasteiger partial charge in [0.1, 0.15) is 13.2 Å². The van der Waals surface area contributed by atoms with Gasteiger partial charge in [-0.2, -0.15) is 0 Å². The second-order valence-electron chi connectivity index (χ2n) is 1.41. The maximum Gasteiger partial charge on any atom is 0.109 e. The van der Waals surface area contributed by atoms with Gasteiger partial charge >= 0.3 is 0 Å². The largest absolute Gasteiger partial charge is 0.497 e. The van der Waals surface area contributed by atoms with Crippen molar-refractivity contribution in [2.45, 2.75) is 0 Å². The summed E-state index contributed by atoms with van der Waals surface area (Å²) in [5, 5.41) is 0. The summed E-state index contributed by atoms with van der Waals surface area (Å²) >= 11 is 0. The van der Waals surface area contributed by atoms with E-state index in [1.165, 1.54) is 0 Å². The number of ether oxygens (including phenoxy) is 2. The average molecular weight is 112 g/mol. The van der Waals surface area contributed by atoms with Crippen LogP contribution in [0, 0.1) is 0 Å². The normalized spacial score (nSPS) is 18.0. The SMILES string of the molecule is C1=COC1.C1=COC1. The van der Waals surface area contributed by atoms with E-state index in [0.29, 0.717) is 0 Å². The first-order chi connectivity index (χ1) is 4.00. The maximum atomic E-state index is 4.54. The van der Waals surface area contributed by atoms with Gasteiger partial charge in [-0.15, -0.1) is 0 Å². The predicted molar refractivity (Wildman–Crippen MR) is 30.2 cm³/mol. The molecule has 0 saturated heterocycles. The Labute approximate surface area is 48.4 Å². The molecule has 2 rings (SSSR count). The fourth-order valence-electron chi connectivity index (χ4n) is 0.192. The Morgan fingerprint density at radius 1 is 0.875 bits per heavy atom. The van der Waals surface area contributed by atoms with Crippen molar-refractivity contribution in [3.05, 3.63) is 24.7 Å². The molecule has 0 aliphatic carbocycles. The summed E-state index contributed by atoms with van der Waals surface area (Å²) in [5.41, 5.74) is 0. The first-order valence-electron chi connectivity index (χ1n) is 2.53. The highest BCUT2D eigenvalue weighted by molar-refractivity contribution is 4.82. The van der Waals surface area contributed by atoms with Crippen LogP contribution in [-0.2, 0) is 9.47 Å². The summed E-state index contributed by atoms with van der Waals surface area (Å²) in [6.07, 6.45) is 7.28. The van der Waals surface area contributed by atoms with Crippen molar-refractivity contribution in [1.82, 2.24) is 0 Å². The fourth-order valence-corrected chi connectivity index (χ4v) is 0.192. The van der Waals surface area contributed by atoms with E-state index < -0.39 is 0 Å². The summed E-state index contributed by atoms with van der Waals surface area (Å²) in [7, 11) is 0. The van der Waals surface area contributed by atoms with Crippen molar-refractivity contribution in [3.63, 3.8) is 0 Å². The molecule has 2 aliphatic heterocycles. The van der Waals surface area contributed by atoms with Crippen LogP contribution in [-0.4, -0.2) is 13.2 Å². The molecule has 0 unspecified atom stereocenters. The summed E-state index contributed by atoms with van der Waals surface area (Å²) in [4.78, 5) is 0. The molecule has 0 atom stereocenters. The molecule has 8 heavy (non-hydrogen) atoms.